The molecular formula is C25H19N5O3. The van der Waals surface area contributed by atoms with Crippen LogP contribution in [-0.4, -0.2) is 24.3 Å². The molecule has 0 spiro atoms. The number of rotatable bonds is 3. The Balaban J connectivity index is 1.81. The minimum absolute atomic E-state index is 0.0672. The quantitative estimate of drug-likeness (QED) is 0.449. The third kappa shape index (κ3) is 3.02. The molecule has 5 aromatic rings. The largest absolute Gasteiger partial charge is 0.493 e. The van der Waals surface area contributed by atoms with Crippen LogP contribution in [0.2, 0.25) is 0 Å². The van der Waals surface area contributed by atoms with Crippen LogP contribution in [-0.2, 0) is 6.42 Å². The molecule has 0 fully saturated rings. The normalized spacial score (nSPS) is 12.0. The van der Waals surface area contributed by atoms with Gasteiger partial charge >= 0.3 is 0 Å². The lowest BCUT2D eigenvalue weighted by molar-refractivity contribution is 0.432. The van der Waals surface area contributed by atoms with Crippen molar-refractivity contribution >= 4 is 22.8 Å². The number of benzene rings is 2. The Bertz CT molecular complexity index is 1770. The van der Waals surface area contributed by atoms with Gasteiger partial charge in [-0.15, -0.1) is 0 Å². The standard InChI is InChI=1S/C25H19N5O3/c1-3-15-8-10-16(11-9-15)30-25(33)18(23(31)28-30)12-17-14(2)19(13-26)22-27-20-6-4-5-7-21(20)29(22)24(17)32/h4-12,33H,3H2,1-2H3,(H,28,31). The van der Waals surface area contributed by atoms with E-state index < -0.39 is 11.1 Å². The third-order valence-corrected chi connectivity index (χ3v) is 5.91. The summed E-state index contributed by atoms with van der Waals surface area (Å²) >= 11 is 0. The van der Waals surface area contributed by atoms with Gasteiger partial charge in [0.25, 0.3) is 11.1 Å². The smallest absolute Gasteiger partial charge is 0.275 e. The minimum atomic E-state index is -0.556. The van der Waals surface area contributed by atoms with Crippen molar-refractivity contribution in [3.8, 4) is 17.6 Å². The number of aromatic amines is 1. The van der Waals surface area contributed by atoms with Crippen LogP contribution >= 0.6 is 0 Å². The molecule has 0 radical (unpaired) electrons. The Morgan fingerprint density at radius 3 is 2.58 bits per heavy atom. The number of aromatic hydroxyl groups is 1. The van der Waals surface area contributed by atoms with Crippen LogP contribution in [0.3, 0.4) is 0 Å². The molecule has 0 bridgehead atoms. The Kier molecular flexibility index (Phi) is 4.61. The summed E-state index contributed by atoms with van der Waals surface area (Å²) in [6.07, 6.45) is 2.20. The van der Waals surface area contributed by atoms with Gasteiger partial charge in [0.05, 0.1) is 22.3 Å². The fourth-order valence-corrected chi connectivity index (χ4v) is 4.07. The molecule has 8 nitrogen and oxygen atoms in total. The summed E-state index contributed by atoms with van der Waals surface area (Å²) in [4.78, 5) is 30.6. The topological polar surface area (TPSA) is 116 Å². The number of para-hydroxylation sites is 2. The minimum Gasteiger partial charge on any atom is -0.493 e. The van der Waals surface area contributed by atoms with Gasteiger partial charge < -0.3 is 5.11 Å². The van der Waals surface area contributed by atoms with Crippen LogP contribution in [0.25, 0.3) is 28.4 Å². The first-order valence-corrected chi connectivity index (χ1v) is 10.4. The second-order valence-corrected chi connectivity index (χ2v) is 7.77. The summed E-state index contributed by atoms with van der Waals surface area (Å²) in [6.45, 7) is 3.67. The molecule has 162 valence electrons. The van der Waals surface area contributed by atoms with E-state index in [4.69, 9.17) is 0 Å². The van der Waals surface area contributed by atoms with Gasteiger partial charge in [0, 0.05) is 5.22 Å². The number of nitriles is 1. The van der Waals surface area contributed by atoms with E-state index in [-0.39, 0.29) is 27.9 Å². The van der Waals surface area contributed by atoms with Crippen LogP contribution in [0, 0.1) is 18.3 Å². The molecule has 0 atom stereocenters. The van der Waals surface area contributed by atoms with Crippen LogP contribution in [0.1, 0.15) is 29.2 Å². The van der Waals surface area contributed by atoms with Gasteiger partial charge in [-0.3, -0.25) is 19.1 Å². The van der Waals surface area contributed by atoms with Crippen LogP contribution < -0.4 is 16.3 Å². The van der Waals surface area contributed by atoms with E-state index in [0.29, 0.717) is 22.3 Å². The predicted octanol–water partition coefficient (Wildman–Crippen LogP) is 2.32. The predicted molar refractivity (Wildman–Crippen MR) is 125 cm³/mol. The van der Waals surface area contributed by atoms with Crippen molar-refractivity contribution in [2.24, 2.45) is 0 Å². The van der Waals surface area contributed by atoms with Gasteiger partial charge in [-0.05, 0) is 54.8 Å². The Hall–Kier alpha value is -4.64. The van der Waals surface area contributed by atoms with E-state index in [2.05, 4.69) is 16.2 Å². The molecule has 0 saturated carbocycles. The van der Waals surface area contributed by atoms with Crippen LogP contribution in [0.15, 0.2) is 58.1 Å². The fraction of sp³-hybridized carbons (Fsp3) is 0.120. The lowest BCUT2D eigenvalue weighted by Crippen LogP contribution is -2.34. The molecule has 0 amide bonds. The van der Waals surface area contributed by atoms with E-state index in [9.17, 15) is 20.0 Å². The van der Waals surface area contributed by atoms with Gasteiger partial charge in [-0.2, -0.15) is 5.26 Å². The number of H-pyrrole nitrogens is 1. The molecule has 0 aliphatic heterocycles. The fourth-order valence-electron chi connectivity index (χ4n) is 4.07. The van der Waals surface area contributed by atoms with Crippen molar-refractivity contribution in [2.45, 2.75) is 20.3 Å². The number of hydrogen-bond acceptors (Lipinski definition) is 5. The Labute approximate surface area is 187 Å². The lowest BCUT2D eigenvalue weighted by atomic mass is 10.1. The van der Waals surface area contributed by atoms with Crippen LogP contribution in [0.5, 0.6) is 5.88 Å². The van der Waals surface area contributed by atoms with Crippen molar-refractivity contribution in [3.05, 3.63) is 96.7 Å². The van der Waals surface area contributed by atoms with Crippen LogP contribution in [0.4, 0.5) is 0 Å². The second-order valence-electron chi connectivity index (χ2n) is 7.77. The first-order valence-electron chi connectivity index (χ1n) is 10.4. The second kappa shape index (κ2) is 7.50. The number of imidazole rings is 1. The van der Waals surface area contributed by atoms with Gasteiger partial charge in [-0.1, -0.05) is 31.2 Å². The molecule has 33 heavy (non-hydrogen) atoms. The Morgan fingerprint density at radius 1 is 1.15 bits per heavy atom. The average Bonchev–Trinajstić information content (AvgIpc) is 3.34. The summed E-state index contributed by atoms with van der Waals surface area (Å²) < 4.78 is 2.64. The number of fused-ring (bicyclic) bond motifs is 3. The van der Waals surface area contributed by atoms with Gasteiger partial charge in [0.2, 0.25) is 5.88 Å². The molecule has 0 unspecified atom stereocenters. The van der Waals surface area contributed by atoms with E-state index in [1.165, 1.54) is 15.2 Å². The third-order valence-electron chi connectivity index (χ3n) is 5.91. The number of aromatic nitrogens is 4. The highest BCUT2D eigenvalue weighted by Gasteiger charge is 2.18. The van der Waals surface area contributed by atoms with E-state index in [1.807, 2.05) is 19.1 Å². The monoisotopic (exact) mass is 437 g/mol. The highest BCUT2D eigenvalue weighted by atomic mass is 16.3. The number of nitrogens with zero attached hydrogens (tertiary/aromatic N) is 4. The average molecular weight is 437 g/mol. The number of hydrogen-bond donors (Lipinski definition) is 2. The Morgan fingerprint density at radius 2 is 1.88 bits per heavy atom. The zero-order valence-electron chi connectivity index (χ0n) is 18.0. The van der Waals surface area contributed by atoms with Crippen molar-refractivity contribution in [1.29, 1.82) is 5.26 Å². The summed E-state index contributed by atoms with van der Waals surface area (Å²) in [5.41, 5.74) is 2.71. The summed E-state index contributed by atoms with van der Waals surface area (Å²) in [5.74, 6) is -0.322. The molecule has 5 rings (SSSR count). The van der Waals surface area contributed by atoms with Crippen molar-refractivity contribution in [1.82, 2.24) is 19.2 Å². The molecule has 0 saturated heterocycles. The highest BCUT2D eigenvalue weighted by molar-refractivity contribution is 5.82. The number of nitrogens with one attached hydrogen (secondary N) is 1. The van der Waals surface area contributed by atoms with Crippen molar-refractivity contribution in [3.63, 3.8) is 0 Å². The number of aryl methyl sites for hydroxylation is 1. The molecule has 2 aromatic carbocycles. The summed E-state index contributed by atoms with van der Waals surface area (Å²) in [5, 5.41) is 23.4. The van der Waals surface area contributed by atoms with Gasteiger partial charge in [-0.25, -0.2) is 9.67 Å². The maximum absolute atomic E-state index is 13.4. The molecule has 0 aliphatic rings. The molecule has 3 aromatic heterocycles. The molecular weight excluding hydrogens is 418 g/mol. The summed E-state index contributed by atoms with van der Waals surface area (Å²) in [6, 6.07) is 16.6. The molecule has 8 heteroatoms. The maximum Gasteiger partial charge on any atom is 0.275 e. The molecule has 0 aliphatic carbocycles. The van der Waals surface area contributed by atoms with E-state index >= 15 is 0 Å². The highest BCUT2D eigenvalue weighted by Crippen LogP contribution is 2.21. The first-order chi connectivity index (χ1) is 15.9. The zero-order chi connectivity index (χ0) is 23.3. The van der Waals surface area contributed by atoms with Gasteiger partial charge in [0.1, 0.15) is 11.6 Å². The number of pyridine rings is 1. The molecule has 2 N–H and O–H groups in total. The van der Waals surface area contributed by atoms with Crippen molar-refractivity contribution in [2.75, 3.05) is 0 Å². The lowest BCUT2D eigenvalue weighted by Gasteiger charge is -2.05. The first kappa shape index (κ1) is 20.3. The van der Waals surface area contributed by atoms with E-state index in [1.54, 1.807) is 43.3 Å². The van der Waals surface area contributed by atoms with E-state index in [0.717, 1.165) is 12.0 Å². The maximum atomic E-state index is 13.4. The SMILES string of the molecule is CCc1ccc(-n2[nH]c(=O)c(C=c3c(C)c(C#N)c4nc5ccccc5n4c3=O)c2O)cc1. The zero-order valence-corrected chi connectivity index (χ0v) is 18.0. The van der Waals surface area contributed by atoms with Crippen molar-refractivity contribution < 1.29 is 5.11 Å². The summed E-state index contributed by atoms with van der Waals surface area (Å²) in [7, 11) is 0. The van der Waals surface area contributed by atoms with Gasteiger partial charge in [0.15, 0.2) is 5.65 Å². The molecule has 3 heterocycles.